The lowest BCUT2D eigenvalue weighted by Crippen LogP contribution is -2.38. The number of fused-ring (bicyclic) bond motifs is 1. The van der Waals surface area contributed by atoms with Crippen molar-refractivity contribution in [3.8, 4) is 16.5 Å². The monoisotopic (exact) mass is 412 g/mol. The van der Waals surface area contributed by atoms with E-state index in [0.717, 1.165) is 56.5 Å². The number of nitrogens with one attached hydrogen (secondary N) is 1. The third-order valence-electron chi connectivity index (χ3n) is 5.30. The first-order valence-corrected chi connectivity index (χ1v) is 10.9. The van der Waals surface area contributed by atoms with Crippen molar-refractivity contribution in [1.29, 1.82) is 0 Å². The molecule has 1 saturated carbocycles. The zero-order valence-electron chi connectivity index (χ0n) is 17.6. The van der Waals surface area contributed by atoms with Crippen LogP contribution in [-0.4, -0.2) is 39.0 Å². The Balaban J connectivity index is 1.75. The molecule has 0 unspecified atom stereocenters. The summed E-state index contributed by atoms with van der Waals surface area (Å²) in [5.41, 5.74) is 4.06. The molecule has 3 aromatic rings. The van der Waals surface area contributed by atoms with Crippen LogP contribution in [0.4, 0.5) is 5.13 Å². The van der Waals surface area contributed by atoms with Crippen LogP contribution in [0.5, 0.6) is 5.75 Å². The number of aryl methyl sites for hydroxylation is 1. The quantitative estimate of drug-likeness (QED) is 0.633. The van der Waals surface area contributed by atoms with Gasteiger partial charge in [-0.15, -0.1) is 10.2 Å². The summed E-state index contributed by atoms with van der Waals surface area (Å²) >= 11 is 1.50. The summed E-state index contributed by atoms with van der Waals surface area (Å²) in [7, 11) is 0. The van der Waals surface area contributed by atoms with Gasteiger partial charge in [-0.3, -0.25) is 0 Å². The van der Waals surface area contributed by atoms with E-state index in [2.05, 4.69) is 61.4 Å². The molecular formula is C22H28N4O2S. The number of aromatic nitrogens is 3. The molecule has 1 aliphatic rings. The second-order valence-corrected chi connectivity index (χ2v) is 9.73. The Morgan fingerprint density at radius 2 is 1.97 bits per heavy atom. The van der Waals surface area contributed by atoms with Gasteiger partial charge in [-0.05, 0) is 61.4 Å². The number of hydrogen-bond acceptors (Lipinski definition) is 7. The van der Waals surface area contributed by atoms with E-state index in [1.54, 1.807) is 0 Å². The lowest BCUT2D eigenvalue weighted by molar-refractivity contribution is 0.0836. The van der Waals surface area contributed by atoms with Crippen LogP contribution in [0.25, 0.3) is 21.6 Å². The van der Waals surface area contributed by atoms with Crippen molar-refractivity contribution in [2.75, 3.05) is 11.9 Å². The lowest BCUT2D eigenvalue weighted by atomic mass is 9.84. The normalized spacial score (nSPS) is 19.2. The van der Waals surface area contributed by atoms with Crippen LogP contribution in [0.15, 0.2) is 18.2 Å². The van der Waals surface area contributed by atoms with E-state index in [9.17, 15) is 5.11 Å². The highest BCUT2D eigenvalue weighted by Crippen LogP contribution is 2.37. The summed E-state index contributed by atoms with van der Waals surface area (Å²) in [5.74, 6) is 0.882. The third-order valence-corrected chi connectivity index (χ3v) is 6.17. The molecule has 1 aliphatic carbocycles. The predicted molar refractivity (Wildman–Crippen MR) is 118 cm³/mol. The number of hydrogen-bond donors (Lipinski definition) is 2. The molecule has 154 valence electrons. The Kier molecular flexibility index (Phi) is 5.21. The van der Waals surface area contributed by atoms with Crippen molar-refractivity contribution in [3.05, 3.63) is 29.3 Å². The molecule has 2 aromatic heterocycles. The SMILES string of the molecule is CCOc1cc(C(C)(C)C)c2nc(-c3nnc(N[C@H]4C[C@@H](O)C4)s3)cc(C)c2c1. The molecule has 0 aliphatic heterocycles. The Hall–Kier alpha value is -2.25. The first-order valence-electron chi connectivity index (χ1n) is 10.1. The Labute approximate surface area is 175 Å². The molecular weight excluding hydrogens is 384 g/mol. The molecule has 6 nitrogen and oxygen atoms in total. The fourth-order valence-electron chi connectivity index (χ4n) is 3.66. The molecule has 29 heavy (non-hydrogen) atoms. The van der Waals surface area contributed by atoms with Gasteiger partial charge in [-0.2, -0.15) is 0 Å². The molecule has 0 bridgehead atoms. The minimum absolute atomic E-state index is 0.0671. The summed E-state index contributed by atoms with van der Waals surface area (Å²) in [4.78, 5) is 5.00. The fourth-order valence-corrected chi connectivity index (χ4v) is 4.44. The molecule has 1 fully saturated rings. The minimum Gasteiger partial charge on any atom is -0.494 e. The van der Waals surface area contributed by atoms with E-state index >= 15 is 0 Å². The highest BCUT2D eigenvalue weighted by molar-refractivity contribution is 7.18. The third kappa shape index (κ3) is 4.07. The second-order valence-electron chi connectivity index (χ2n) is 8.75. The number of ether oxygens (including phenoxy) is 1. The van der Waals surface area contributed by atoms with Crippen LogP contribution in [0, 0.1) is 6.92 Å². The summed E-state index contributed by atoms with van der Waals surface area (Å²) in [6.45, 7) is 11.3. The molecule has 1 aromatic carbocycles. The van der Waals surface area contributed by atoms with Crippen molar-refractivity contribution in [2.24, 2.45) is 0 Å². The number of aliphatic hydroxyl groups is 1. The maximum atomic E-state index is 9.46. The van der Waals surface area contributed by atoms with Gasteiger partial charge in [-0.1, -0.05) is 32.1 Å². The number of benzene rings is 1. The van der Waals surface area contributed by atoms with Crippen molar-refractivity contribution in [2.45, 2.75) is 65.0 Å². The number of anilines is 1. The number of rotatable bonds is 5. The number of aliphatic hydroxyl groups excluding tert-OH is 1. The number of pyridine rings is 1. The van der Waals surface area contributed by atoms with E-state index < -0.39 is 0 Å². The summed E-state index contributed by atoms with van der Waals surface area (Å²) in [5, 5.41) is 24.1. The highest BCUT2D eigenvalue weighted by atomic mass is 32.1. The topological polar surface area (TPSA) is 80.2 Å². The van der Waals surface area contributed by atoms with Crippen LogP contribution in [0.3, 0.4) is 0 Å². The molecule has 0 atom stereocenters. The van der Waals surface area contributed by atoms with Gasteiger partial charge in [0.1, 0.15) is 11.4 Å². The van der Waals surface area contributed by atoms with E-state index in [-0.39, 0.29) is 17.6 Å². The highest BCUT2D eigenvalue weighted by Gasteiger charge is 2.28. The molecule has 4 rings (SSSR count). The van der Waals surface area contributed by atoms with Gasteiger partial charge in [0.2, 0.25) is 5.13 Å². The first-order chi connectivity index (χ1) is 13.7. The lowest BCUT2D eigenvalue weighted by Gasteiger charge is -2.31. The summed E-state index contributed by atoms with van der Waals surface area (Å²) in [6, 6.07) is 6.54. The van der Waals surface area contributed by atoms with Crippen LogP contribution in [-0.2, 0) is 5.41 Å². The Bertz CT molecular complexity index is 1040. The van der Waals surface area contributed by atoms with E-state index in [4.69, 9.17) is 9.72 Å². The first kappa shape index (κ1) is 20.0. The zero-order chi connectivity index (χ0) is 20.8. The van der Waals surface area contributed by atoms with Crippen molar-refractivity contribution in [3.63, 3.8) is 0 Å². The second kappa shape index (κ2) is 7.54. The van der Waals surface area contributed by atoms with Gasteiger partial charge in [0.25, 0.3) is 0 Å². The van der Waals surface area contributed by atoms with Crippen molar-refractivity contribution >= 4 is 27.4 Å². The van der Waals surface area contributed by atoms with Crippen molar-refractivity contribution in [1.82, 2.24) is 15.2 Å². The molecule has 0 spiro atoms. The summed E-state index contributed by atoms with van der Waals surface area (Å²) in [6.07, 6.45) is 1.33. The average molecular weight is 413 g/mol. The molecule has 0 saturated heterocycles. The zero-order valence-corrected chi connectivity index (χ0v) is 18.4. The van der Waals surface area contributed by atoms with Gasteiger partial charge in [0.05, 0.1) is 18.2 Å². The maximum absolute atomic E-state index is 9.46. The summed E-state index contributed by atoms with van der Waals surface area (Å²) < 4.78 is 5.81. The molecule has 0 amide bonds. The number of nitrogens with zero attached hydrogens (tertiary/aromatic N) is 3. The van der Waals surface area contributed by atoms with E-state index in [1.807, 2.05) is 6.92 Å². The van der Waals surface area contributed by atoms with Crippen LogP contribution in [0.2, 0.25) is 0 Å². The average Bonchev–Trinajstić information content (AvgIpc) is 3.08. The largest absolute Gasteiger partial charge is 0.494 e. The van der Waals surface area contributed by atoms with E-state index in [1.165, 1.54) is 11.3 Å². The predicted octanol–water partition coefficient (Wildman–Crippen LogP) is 4.69. The molecule has 2 heterocycles. The van der Waals surface area contributed by atoms with Crippen LogP contribution < -0.4 is 10.1 Å². The van der Waals surface area contributed by atoms with Crippen molar-refractivity contribution < 1.29 is 9.84 Å². The van der Waals surface area contributed by atoms with Gasteiger partial charge in [0, 0.05) is 11.4 Å². The van der Waals surface area contributed by atoms with Gasteiger partial charge in [0.15, 0.2) is 5.01 Å². The maximum Gasteiger partial charge on any atom is 0.206 e. The van der Waals surface area contributed by atoms with Gasteiger partial charge < -0.3 is 15.2 Å². The Morgan fingerprint density at radius 1 is 1.21 bits per heavy atom. The minimum atomic E-state index is -0.193. The fraction of sp³-hybridized carbons (Fsp3) is 0.500. The Morgan fingerprint density at radius 3 is 2.62 bits per heavy atom. The smallest absolute Gasteiger partial charge is 0.206 e. The molecule has 7 heteroatoms. The van der Waals surface area contributed by atoms with Crippen LogP contribution in [0.1, 0.15) is 51.7 Å². The standard InChI is InChI=1S/C22H28N4O2S/c1-6-28-15-10-16-12(2)7-18(24-19(16)17(11-15)22(3,4)5)20-25-26-21(29-20)23-13-8-14(27)9-13/h7,10-11,13-14,27H,6,8-9H2,1-5H3,(H,23,26)/t13-,14+. The van der Waals surface area contributed by atoms with Gasteiger partial charge >= 0.3 is 0 Å². The molecule has 0 radical (unpaired) electrons. The van der Waals surface area contributed by atoms with Crippen LogP contribution >= 0.6 is 11.3 Å². The van der Waals surface area contributed by atoms with E-state index in [0.29, 0.717) is 6.61 Å². The molecule has 2 N–H and O–H groups in total. The van der Waals surface area contributed by atoms with Gasteiger partial charge in [-0.25, -0.2) is 4.98 Å².